The van der Waals surface area contributed by atoms with Gasteiger partial charge in [-0.15, -0.1) is 0 Å². The van der Waals surface area contributed by atoms with Gasteiger partial charge in [0.15, 0.2) is 21.3 Å². The van der Waals surface area contributed by atoms with Gasteiger partial charge in [-0.05, 0) is 6.42 Å². The first-order chi connectivity index (χ1) is 10.7. The van der Waals surface area contributed by atoms with Crippen molar-refractivity contribution in [1.29, 1.82) is 0 Å². The van der Waals surface area contributed by atoms with E-state index in [0.717, 1.165) is 6.26 Å². The van der Waals surface area contributed by atoms with E-state index >= 15 is 0 Å². The maximum Gasteiger partial charge on any atom is 0.393 e. The van der Waals surface area contributed by atoms with E-state index < -0.39 is 39.6 Å². The highest BCUT2D eigenvalue weighted by Gasteiger charge is 2.72. The van der Waals surface area contributed by atoms with Crippen LogP contribution < -0.4 is 5.32 Å². The zero-order valence-corrected chi connectivity index (χ0v) is 12.7. The van der Waals surface area contributed by atoms with Crippen molar-refractivity contribution in [2.75, 3.05) is 18.1 Å². The molecule has 2 atom stereocenters. The minimum Gasteiger partial charge on any atom is -0.367 e. The third kappa shape index (κ3) is 2.69. The molecule has 1 N–H and O–H groups in total. The summed E-state index contributed by atoms with van der Waals surface area (Å²) in [6, 6.07) is 0. The number of nitrogens with one attached hydrogen (secondary N) is 1. The highest BCUT2D eigenvalue weighted by atomic mass is 32.2. The Morgan fingerprint density at radius 2 is 1.96 bits per heavy atom. The monoisotopic (exact) mass is 347 g/mol. The number of fused-ring (bicyclic) bond motifs is 1. The molecule has 0 aliphatic heterocycles. The fourth-order valence-corrected chi connectivity index (χ4v) is 4.05. The number of anilines is 1. The fourth-order valence-electron chi connectivity index (χ4n) is 2.59. The summed E-state index contributed by atoms with van der Waals surface area (Å²) in [5.41, 5.74) is 0.532. The maximum atomic E-state index is 12.9. The number of alkyl halides is 3. The first-order valence-electron chi connectivity index (χ1n) is 6.57. The molecule has 2 aromatic heterocycles. The Morgan fingerprint density at radius 1 is 1.26 bits per heavy atom. The normalized spacial score (nSPS) is 24.6. The molecule has 2 heterocycles. The molecular formula is C12H12F3N5O2S. The predicted octanol–water partition coefficient (Wildman–Crippen LogP) is 1.20. The van der Waals surface area contributed by atoms with E-state index in [4.69, 9.17) is 0 Å². The zero-order chi connectivity index (χ0) is 16.9. The first kappa shape index (κ1) is 15.8. The molecule has 3 rings (SSSR count). The van der Waals surface area contributed by atoms with Crippen LogP contribution in [0.1, 0.15) is 6.42 Å². The van der Waals surface area contributed by atoms with Gasteiger partial charge in [-0.25, -0.2) is 28.4 Å². The Bertz CT molecular complexity index is 852. The summed E-state index contributed by atoms with van der Waals surface area (Å²) in [5.74, 6) is -1.73. The molecule has 0 radical (unpaired) electrons. The lowest BCUT2D eigenvalue weighted by Crippen LogP contribution is -2.36. The maximum absolute atomic E-state index is 12.9. The molecule has 0 amide bonds. The molecule has 0 spiro atoms. The van der Waals surface area contributed by atoms with Crippen molar-refractivity contribution < 1.29 is 21.6 Å². The Labute approximate surface area is 129 Å². The number of halogens is 3. The van der Waals surface area contributed by atoms with E-state index in [9.17, 15) is 21.6 Å². The van der Waals surface area contributed by atoms with Crippen LogP contribution in [0.5, 0.6) is 0 Å². The lowest BCUT2D eigenvalue weighted by molar-refractivity contribution is -0.149. The van der Waals surface area contributed by atoms with Crippen LogP contribution in [-0.2, 0) is 9.84 Å². The number of aromatic nitrogens is 4. The van der Waals surface area contributed by atoms with Crippen molar-refractivity contribution in [2.45, 2.75) is 17.3 Å². The van der Waals surface area contributed by atoms with Crippen LogP contribution in [0.4, 0.5) is 19.0 Å². The highest BCUT2D eigenvalue weighted by molar-refractivity contribution is 7.92. The summed E-state index contributed by atoms with van der Waals surface area (Å²) in [4.78, 5) is 15.8. The molecule has 2 aromatic rings. The van der Waals surface area contributed by atoms with Crippen molar-refractivity contribution in [3.05, 3.63) is 18.7 Å². The van der Waals surface area contributed by atoms with Crippen molar-refractivity contribution in [3.8, 4) is 0 Å². The quantitative estimate of drug-likeness (QED) is 0.887. The highest BCUT2D eigenvalue weighted by Crippen LogP contribution is 2.57. The fraction of sp³-hybridized carbons (Fsp3) is 0.500. The average molecular weight is 347 g/mol. The van der Waals surface area contributed by atoms with Gasteiger partial charge in [0, 0.05) is 25.2 Å². The third-order valence-electron chi connectivity index (χ3n) is 3.98. The largest absolute Gasteiger partial charge is 0.393 e. The number of hydrogen-bond acceptors (Lipinski definition) is 7. The smallest absolute Gasteiger partial charge is 0.367 e. The van der Waals surface area contributed by atoms with Crippen LogP contribution in [0, 0.1) is 5.92 Å². The molecule has 1 aliphatic rings. The molecule has 0 unspecified atom stereocenters. The van der Waals surface area contributed by atoms with Crippen molar-refractivity contribution in [3.63, 3.8) is 0 Å². The summed E-state index contributed by atoms with van der Waals surface area (Å²) in [6.45, 7) is -0.404. The molecule has 1 aliphatic carbocycles. The summed E-state index contributed by atoms with van der Waals surface area (Å²) < 4.78 is 60.6. The molecule has 1 saturated carbocycles. The summed E-state index contributed by atoms with van der Waals surface area (Å²) >= 11 is 0. The summed E-state index contributed by atoms with van der Waals surface area (Å²) in [5, 5.41) is 2.67. The van der Waals surface area contributed by atoms with Gasteiger partial charge < -0.3 is 5.32 Å². The van der Waals surface area contributed by atoms with Crippen LogP contribution in [0.2, 0.25) is 0 Å². The van der Waals surface area contributed by atoms with Gasteiger partial charge in [0.1, 0.15) is 16.6 Å². The van der Waals surface area contributed by atoms with Crippen LogP contribution in [-0.4, -0.2) is 52.1 Å². The zero-order valence-electron chi connectivity index (χ0n) is 11.9. The number of hydrogen-bond donors (Lipinski definition) is 1. The van der Waals surface area contributed by atoms with Crippen LogP contribution in [0.25, 0.3) is 11.2 Å². The summed E-state index contributed by atoms with van der Waals surface area (Å²) in [6.07, 6.45) is -0.217. The Morgan fingerprint density at radius 3 is 2.57 bits per heavy atom. The van der Waals surface area contributed by atoms with Gasteiger partial charge in [0.25, 0.3) is 0 Å². The van der Waals surface area contributed by atoms with Gasteiger partial charge in [0.2, 0.25) is 0 Å². The number of nitrogens with zero attached hydrogens (tertiary/aromatic N) is 4. The van der Waals surface area contributed by atoms with Crippen molar-refractivity contribution in [1.82, 2.24) is 19.9 Å². The molecule has 0 saturated heterocycles. The van der Waals surface area contributed by atoms with E-state index in [2.05, 4.69) is 25.3 Å². The SMILES string of the molecule is CS(=O)(=O)[C@@]1(CNc2ncnc3nccnc23)C[C@@H]1C(F)(F)F. The lowest BCUT2D eigenvalue weighted by Gasteiger charge is -2.18. The van der Waals surface area contributed by atoms with Gasteiger partial charge >= 0.3 is 6.18 Å². The van der Waals surface area contributed by atoms with Gasteiger partial charge in [-0.2, -0.15) is 13.2 Å². The van der Waals surface area contributed by atoms with Crippen LogP contribution in [0.3, 0.4) is 0 Å². The second-order valence-corrected chi connectivity index (χ2v) is 7.80. The molecule has 7 nitrogen and oxygen atoms in total. The second-order valence-electron chi connectivity index (χ2n) is 5.44. The van der Waals surface area contributed by atoms with Crippen LogP contribution in [0.15, 0.2) is 18.7 Å². The first-order valence-corrected chi connectivity index (χ1v) is 8.46. The van der Waals surface area contributed by atoms with Crippen molar-refractivity contribution >= 4 is 26.8 Å². The molecule has 0 aromatic carbocycles. The molecule has 0 bridgehead atoms. The van der Waals surface area contributed by atoms with E-state index in [1.54, 1.807) is 0 Å². The van der Waals surface area contributed by atoms with E-state index in [1.165, 1.54) is 18.7 Å². The van der Waals surface area contributed by atoms with E-state index in [0.29, 0.717) is 0 Å². The minimum atomic E-state index is -4.56. The molecule has 124 valence electrons. The lowest BCUT2D eigenvalue weighted by atomic mass is 10.3. The molecule has 11 heteroatoms. The minimum absolute atomic E-state index is 0.152. The second kappa shape index (κ2) is 4.98. The Balaban J connectivity index is 1.89. The topological polar surface area (TPSA) is 97.7 Å². The van der Waals surface area contributed by atoms with Gasteiger partial charge in [-0.1, -0.05) is 0 Å². The third-order valence-corrected chi connectivity index (χ3v) is 6.06. The molecule has 1 fully saturated rings. The molecular weight excluding hydrogens is 335 g/mol. The predicted molar refractivity (Wildman–Crippen MR) is 75.4 cm³/mol. The van der Waals surface area contributed by atoms with E-state index in [1.807, 2.05) is 0 Å². The number of sulfone groups is 1. The van der Waals surface area contributed by atoms with E-state index in [-0.39, 0.29) is 17.0 Å². The summed E-state index contributed by atoms with van der Waals surface area (Å²) in [7, 11) is -3.91. The number of rotatable bonds is 4. The standard InChI is InChI=1S/C12H12F3N5O2S/c1-23(21,22)11(4-7(11)12(13,14)15)5-18-10-8-9(19-6-20-10)17-3-2-16-8/h2-3,6-7H,4-5H2,1H3,(H,17,18,19,20)/t7-,11+/m0/s1. The van der Waals surface area contributed by atoms with Crippen LogP contribution >= 0.6 is 0 Å². The van der Waals surface area contributed by atoms with Crippen molar-refractivity contribution in [2.24, 2.45) is 5.92 Å². The van der Waals surface area contributed by atoms with Gasteiger partial charge in [-0.3, -0.25) is 0 Å². The average Bonchev–Trinajstić information content (AvgIpc) is 3.21. The molecule has 23 heavy (non-hydrogen) atoms. The van der Waals surface area contributed by atoms with Gasteiger partial charge in [0.05, 0.1) is 5.92 Å². The Kier molecular flexibility index (Phi) is 3.43. The Hall–Kier alpha value is -2.04.